The first-order valence-electron chi connectivity index (χ1n) is 6.95. The summed E-state index contributed by atoms with van der Waals surface area (Å²) in [6, 6.07) is 9.42. The number of piperazine rings is 1. The Morgan fingerprint density at radius 3 is 2.57 bits per heavy atom. The quantitative estimate of drug-likeness (QED) is 0.913. The second-order valence-corrected chi connectivity index (χ2v) is 4.83. The van der Waals surface area contributed by atoms with E-state index in [9.17, 15) is 4.79 Å². The Morgan fingerprint density at radius 1 is 1.05 bits per heavy atom. The Hall–Kier alpha value is -2.63. The first-order chi connectivity index (χ1) is 10.3. The van der Waals surface area contributed by atoms with Gasteiger partial charge in [0.2, 0.25) is 0 Å². The fraction of sp³-hybridized carbons (Fsp3) is 0.267. The molecule has 0 bridgehead atoms. The Bertz CT molecular complexity index is 582. The van der Waals surface area contributed by atoms with E-state index in [1.807, 2.05) is 29.2 Å². The van der Waals surface area contributed by atoms with Gasteiger partial charge in [0.05, 0.1) is 11.9 Å². The maximum atomic E-state index is 12.2. The van der Waals surface area contributed by atoms with Crippen LogP contribution in [0.25, 0.3) is 0 Å². The number of hydrogen-bond donors (Lipinski definition) is 1. The maximum Gasteiger partial charge on any atom is 0.322 e. The molecule has 0 unspecified atom stereocenters. The first kappa shape index (κ1) is 13.4. The molecule has 0 saturated carbocycles. The van der Waals surface area contributed by atoms with Crippen molar-refractivity contribution in [1.82, 2.24) is 14.9 Å². The van der Waals surface area contributed by atoms with Crippen LogP contribution in [-0.2, 0) is 0 Å². The molecule has 2 aromatic rings. The number of nitrogens with zero attached hydrogens (tertiary/aromatic N) is 4. The zero-order chi connectivity index (χ0) is 14.5. The van der Waals surface area contributed by atoms with Crippen LogP contribution < -0.4 is 10.2 Å². The fourth-order valence-corrected chi connectivity index (χ4v) is 2.32. The van der Waals surface area contributed by atoms with Crippen molar-refractivity contribution in [1.29, 1.82) is 0 Å². The van der Waals surface area contributed by atoms with Crippen LogP contribution in [0.15, 0.2) is 48.9 Å². The van der Waals surface area contributed by atoms with Crippen molar-refractivity contribution < 1.29 is 4.79 Å². The number of anilines is 2. The number of urea groups is 1. The van der Waals surface area contributed by atoms with Gasteiger partial charge in [-0.25, -0.2) is 9.78 Å². The van der Waals surface area contributed by atoms with E-state index < -0.39 is 0 Å². The summed E-state index contributed by atoms with van der Waals surface area (Å²) in [5, 5.41) is 2.86. The summed E-state index contributed by atoms with van der Waals surface area (Å²) >= 11 is 0. The van der Waals surface area contributed by atoms with E-state index in [1.165, 1.54) is 0 Å². The maximum absolute atomic E-state index is 12.2. The molecule has 108 valence electrons. The van der Waals surface area contributed by atoms with Crippen molar-refractivity contribution in [3.63, 3.8) is 0 Å². The molecule has 0 aliphatic carbocycles. The minimum atomic E-state index is -0.0799. The number of nitrogens with one attached hydrogen (secondary N) is 1. The highest BCUT2D eigenvalue weighted by Crippen LogP contribution is 2.13. The number of carbonyl (C=O) groups excluding carboxylic acids is 1. The lowest BCUT2D eigenvalue weighted by atomic mass is 10.3. The van der Waals surface area contributed by atoms with Gasteiger partial charge in [-0.2, -0.15) is 0 Å². The standard InChI is InChI=1S/C15H17N5O/c21-15(18-13-4-3-6-16-12-13)20-10-8-19(9-11-20)14-5-1-2-7-17-14/h1-7,12H,8-11H2,(H,18,21). The summed E-state index contributed by atoms with van der Waals surface area (Å²) in [5.74, 6) is 0.963. The van der Waals surface area contributed by atoms with E-state index in [1.54, 1.807) is 24.7 Å². The van der Waals surface area contributed by atoms with Gasteiger partial charge in [0.15, 0.2) is 0 Å². The van der Waals surface area contributed by atoms with Gasteiger partial charge >= 0.3 is 6.03 Å². The van der Waals surface area contributed by atoms with Gasteiger partial charge in [-0.05, 0) is 24.3 Å². The van der Waals surface area contributed by atoms with Crippen molar-refractivity contribution in [3.8, 4) is 0 Å². The van der Waals surface area contributed by atoms with E-state index in [0.717, 1.165) is 24.6 Å². The van der Waals surface area contributed by atoms with E-state index in [0.29, 0.717) is 13.1 Å². The number of amides is 2. The first-order valence-corrected chi connectivity index (χ1v) is 6.95. The van der Waals surface area contributed by atoms with E-state index in [4.69, 9.17) is 0 Å². The van der Waals surface area contributed by atoms with Crippen molar-refractivity contribution in [2.24, 2.45) is 0 Å². The SMILES string of the molecule is O=C(Nc1cccnc1)N1CCN(c2ccccn2)CC1. The summed E-state index contributed by atoms with van der Waals surface area (Å²) < 4.78 is 0. The molecule has 0 aromatic carbocycles. The van der Waals surface area contributed by atoms with Crippen LogP contribution in [0.4, 0.5) is 16.3 Å². The van der Waals surface area contributed by atoms with Crippen LogP contribution in [0.2, 0.25) is 0 Å². The summed E-state index contributed by atoms with van der Waals surface area (Å²) in [6.45, 7) is 2.94. The molecule has 0 spiro atoms. The normalized spacial score (nSPS) is 14.9. The third-order valence-electron chi connectivity index (χ3n) is 3.45. The van der Waals surface area contributed by atoms with Crippen molar-refractivity contribution in [2.45, 2.75) is 0 Å². The number of rotatable bonds is 2. The largest absolute Gasteiger partial charge is 0.353 e. The Labute approximate surface area is 123 Å². The zero-order valence-corrected chi connectivity index (χ0v) is 11.6. The number of carbonyl (C=O) groups is 1. The minimum absolute atomic E-state index is 0.0799. The van der Waals surface area contributed by atoms with Gasteiger partial charge in [0.1, 0.15) is 5.82 Å². The predicted octanol–water partition coefficient (Wildman–Crippen LogP) is 1.83. The lowest BCUT2D eigenvalue weighted by Gasteiger charge is -2.35. The predicted molar refractivity (Wildman–Crippen MR) is 81.3 cm³/mol. The number of aromatic nitrogens is 2. The van der Waals surface area contributed by atoms with Crippen molar-refractivity contribution in [3.05, 3.63) is 48.9 Å². The number of hydrogen-bond acceptors (Lipinski definition) is 4. The molecule has 1 saturated heterocycles. The van der Waals surface area contributed by atoms with E-state index in [2.05, 4.69) is 20.2 Å². The fourth-order valence-electron chi connectivity index (χ4n) is 2.32. The number of pyridine rings is 2. The van der Waals surface area contributed by atoms with Crippen LogP contribution in [0.5, 0.6) is 0 Å². The molecule has 1 N–H and O–H groups in total. The highest BCUT2D eigenvalue weighted by Gasteiger charge is 2.21. The molecular weight excluding hydrogens is 266 g/mol. The van der Waals surface area contributed by atoms with Crippen LogP contribution in [0.1, 0.15) is 0 Å². The van der Waals surface area contributed by atoms with Crippen LogP contribution in [-0.4, -0.2) is 47.1 Å². The second-order valence-electron chi connectivity index (χ2n) is 4.83. The lowest BCUT2D eigenvalue weighted by molar-refractivity contribution is 0.208. The lowest BCUT2D eigenvalue weighted by Crippen LogP contribution is -2.50. The molecule has 21 heavy (non-hydrogen) atoms. The highest BCUT2D eigenvalue weighted by molar-refractivity contribution is 5.89. The van der Waals surface area contributed by atoms with Gasteiger partial charge in [-0.1, -0.05) is 6.07 Å². The average molecular weight is 283 g/mol. The van der Waals surface area contributed by atoms with Crippen LogP contribution in [0, 0.1) is 0 Å². The molecule has 0 atom stereocenters. The summed E-state index contributed by atoms with van der Waals surface area (Å²) in [7, 11) is 0. The van der Waals surface area contributed by atoms with E-state index in [-0.39, 0.29) is 6.03 Å². The zero-order valence-electron chi connectivity index (χ0n) is 11.6. The topological polar surface area (TPSA) is 61.4 Å². The molecule has 0 radical (unpaired) electrons. The van der Waals surface area contributed by atoms with Gasteiger partial charge in [0.25, 0.3) is 0 Å². The third kappa shape index (κ3) is 3.28. The van der Waals surface area contributed by atoms with Gasteiger partial charge in [-0.3, -0.25) is 4.98 Å². The molecule has 6 heteroatoms. The molecule has 1 aliphatic rings. The smallest absolute Gasteiger partial charge is 0.322 e. The molecule has 2 amide bonds. The molecule has 3 rings (SSSR count). The molecule has 6 nitrogen and oxygen atoms in total. The van der Waals surface area contributed by atoms with Gasteiger partial charge < -0.3 is 15.1 Å². The minimum Gasteiger partial charge on any atom is -0.353 e. The monoisotopic (exact) mass is 283 g/mol. The summed E-state index contributed by atoms with van der Waals surface area (Å²) in [4.78, 5) is 24.5. The van der Waals surface area contributed by atoms with Crippen molar-refractivity contribution in [2.75, 3.05) is 36.4 Å². The molecule has 1 aliphatic heterocycles. The van der Waals surface area contributed by atoms with Gasteiger partial charge in [0, 0.05) is 38.6 Å². The summed E-state index contributed by atoms with van der Waals surface area (Å²) in [6.07, 6.45) is 5.11. The Morgan fingerprint density at radius 2 is 1.90 bits per heavy atom. The highest BCUT2D eigenvalue weighted by atomic mass is 16.2. The summed E-state index contributed by atoms with van der Waals surface area (Å²) in [5.41, 5.74) is 0.717. The molecule has 2 aromatic heterocycles. The second kappa shape index (κ2) is 6.21. The van der Waals surface area contributed by atoms with Gasteiger partial charge in [-0.15, -0.1) is 0 Å². The Kier molecular flexibility index (Phi) is 3.95. The van der Waals surface area contributed by atoms with Crippen LogP contribution in [0.3, 0.4) is 0 Å². The average Bonchev–Trinajstić information content (AvgIpc) is 2.57. The molecule has 1 fully saturated rings. The molecule has 3 heterocycles. The Balaban J connectivity index is 1.55. The van der Waals surface area contributed by atoms with Crippen LogP contribution >= 0.6 is 0 Å². The third-order valence-corrected chi connectivity index (χ3v) is 3.45. The van der Waals surface area contributed by atoms with E-state index >= 15 is 0 Å². The molecular formula is C15H17N5O. The van der Waals surface area contributed by atoms with Crippen molar-refractivity contribution >= 4 is 17.5 Å².